The Balaban J connectivity index is 2.34. The fourth-order valence-electron chi connectivity index (χ4n) is 2.43. The molecule has 0 radical (unpaired) electrons. The number of esters is 1. The third kappa shape index (κ3) is 2.29. The first kappa shape index (κ1) is 12.4. The maximum absolute atomic E-state index is 11.9. The molecule has 0 amide bonds. The summed E-state index contributed by atoms with van der Waals surface area (Å²) in [6.07, 6.45) is 4.42. The van der Waals surface area contributed by atoms with Crippen LogP contribution < -0.4 is 4.87 Å². The first-order valence-electron chi connectivity index (χ1n) is 6.04. The topological polar surface area (TPSA) is 48.3 Å². The standard InChI is InChI=1S/C12H17NO3S/c1-3-16-11(14)10-8(2)13(12(15)17-10)9-6-4-5-7-9/h9H,3-7H2,1-2H3. The zero-order chi connectivity index (χ0) is 12.4. The van der Waals surface area contributed by atoms with Crippen LogP contribution in [0.25, 0.3) is 0 Å². The van der Waals surface area contributed by atoms with E-state index in [-0.39, 0.29) is 16.9 Å². The first-order valence-corrected chi connectivity index (χ1v) is 6.85. The predicted octanol–water partition coefficient (Wildman–Crippen LogP) is 2.51. The van der Waals surface area contributed by atoms with Gasteiger partial charge in [0.25, 0.3) is 0 Å². The number of hydrogen-bond acceptors (Lipinski definition) is 4. The van der Waals surface area contributed by atoms with Gasteiger partial charge in [0.15, 0.2) is 0 Å². The van der Waals surface area contributed by atoms with Crippen LogP contribution in [0, 0.1) is 6.92 Å². The summed E-state index contributed by atoms with van der Waals surface area (Å²) < 4.78 is 6.74. The fourth-order valence-corrected chi connectivity index (χ4v) is 3.38. The zero-order valence-corrected chi connectivity index (χ0v) is 11.0. The summed E-state index contributed by atoms with van der Waals surface area (Å²) >= 11 is 1.01. The van der Waals surface area contributed by atoms with E-state index in [1.54, 1.807) is 11.5 Å². The molecule has 0 atom stereocenters. The molecular formula is C12H17NO3S. The van der Waals surface area contributed by atoms with Crippen LogP contribution in [-0.2, 0) is 4.74 Å². The third-order valence-corrected chi connectivity index (χ3v) is 4.26. The van der Waals surface area contributed by atoms with Crippen LogP contribution in [0.2, 0.25) is 0 Å². The minimum atomic E-state index is -0.371. The molecule has 0 aromatic carbocycles. The van der Waals surface area contributed by atoms with Gasteiger partial charge in [-0.1, -0.05) is 24.2 Å². The van der Waals surface area contributed by atoms with Crippen molar-refractivity contribution in [3.63, 3.8) is 0 Å². The van der Waals surface area contributed by atoms with Gasteiger partial charge in [-0.05, 0) is 26.7 Å². The molecular weight excluding hydrogens is 238 g/mol. The number of rotatable bonds is 3. The van der Waals surface area contributed by atoms with Crippen LogP contribution in [0.1, 0.15) is 54.0 Å². The maximum atomic E-state index is 11.9. The highest BCUT2D eigenvalue weighted by molar-refractivity contribution is 7.11. The molecule has 1 aromatic heterocycles. The van der Waals surface area contributed by atoms with Gasteiger partial charge >= 0.3 is 10.8 Å². The lowest BCUT2D eigenvalue weighted by molar-refractivity contribution is 0.0530. The number of ether oxygens (including phenoxy) is 1. The highest BCUT2D eigenvalue weighted by Crippen LogP contribution is 2.31. The highest BCUT2D eigenvalue weighted by atomic mass is 32.1. The molecule has 2 rings (SSSR count). The van der Waals surface area contributed by atoms with E-state index in [0.717, 1.165) is 29.9 Å². The van der Waals surface area contributed by atoms with Gasteiger partial charge in [-0.15, -0.1) is 0 Å². The Kier molecular flexibility index (Phi) is 3.66. The van der Waals surface area contributed by atoms with E-state index in [0.29, 0.717) is 11.5 Å². The molecule has 0 unspecified atom stereocenters. The molecule has 5 heteroatoms. The largest absolute Gasteiger partial charge is 0.462 e. The van der Waals surface area contributed by atoms with Gasteiger partial charge in [0.1, 0.15) is 4.88 Å². The Bertz CT molecular complexity index is 469. The Morgan fingerprint density at radius 3 is 2.71 bits per heavy atom. The average Bonchev–Trinajstić information content (AvgIpc) is 2.87. The summed E-state index contributed by atoms with van der Waals surface area (Å²) in [5, 5.41) is 0. The Morgan fingerprint density at radius 1 is 1.47 bits per heavy atom. The van der Waals surface area contributed by atoms with Gasteiger partial charge in [-0.3, -0.25) is 9.36 Å². The lowest BCUT2D eigenvalue weighted by Gasteiger charge is -2.12. The van der Waals surface area contributed by atoms with Gasteiger partial charge in [-0.2, -0.15) is 0 Å². The fraction of sp³-hybridized carbons (Fsp3) is 0.667. The van der Waals surface area contributed by atoms with Crippen molar-refractivity contribution in [2.45, 2.75) is 45.6 Å². The van der Waals surface area contributed by atoms with Crippen molar-refractivity contribution >= 4 is 17.3 Å². The summed E-state index contributed by atoms with van der Waals surface area (Å²) in [5.41, 5.74) is 0.769. The summed E-state index contributed by atoms with van der Waals surface area (Å²) in [7, 11) is 0. The van der Waals surface area contributed by atoms with Crippen molar-refractivity contribution in [3.05, 3.63) is 20.2 Å². The number of nitrogens with zero attached hydrogens (tertiary/aromatic N) is 1. The molecule has 4 nitrogen and oxygen atoms in total. The number of carbonyl (C=O) groups excluding carboxylic acids is 1. The molecule has 0 bridgehead atoms. The quantitative estimate of drug-likeness (QED) is 0.780. The summed E-state index contributed by atoms with van der Waals surface area (Å²) in [6.45, 7) is 3.94. The average molecular weight is 255 g/mol. The van der Waals surface area contributed by atoms with E-state index in [2.05, 4.69) is 0 Å². The van der Waals surface area contributed by atoms with Gasteiger partial charge in [0.2, 0.25) is 0 Å². The van der Waals surface area contributed by atoms with Crippen molar-refractivity contribution in [3.8, 4) is 0 Å². The Hall–Kier alpha value is -1.10. The van der Waals surface area contributed by atoms with E-state index < -0.39 is 0 Å². The number of thiazole rings is 1. The molecule has 0 saturated heterocycles. The first-order chi connectivity index (χ1) is 8.15. The summed E-state index contributed by atoms with van der Waals surface area (Å²) in [5.74, 6) is -0.371. The van der Waals surface area contributed by atoms with Crippen LogP contribution in [0.4, 0.5) is 0 Å². The molecule has 1 aliphatic carbocycles. The molecule has 1 aromatic rings. The number of aromatic nitrogens is 1. The van der Waals surface area contributed by atoms with Crippen molar-refractivity contribution in [2.75, 3.05) is 6.61 Å². The van der Waals surface area contributed by atoms with Crippen LogP contribution in [0.3, 0.4) is 0 Å². The molecule has 1 heterocycles. The third-order valence-electron chi connectivity index (χ3n) is 3.23. The normalized spacial score (nSPS) is 16.4. The maximum Gasteiger partial charge on any atom is 0.350 e. The zero-order valence-electron chi connectivity index (χ0n) is 10.2. The lowest BCUT2D eigenvalue weighted by Crippen LogP contribution is -2.19. The molecule has 1 fully saturated rings. The van der Waals surface area contributed by atoms with Crippen molar-refractivity contribution < 1.29 is 9.53 Å². The van der Waals surface area contributed by atoms with E-state index in [9.17, 15) is 9.59 Å². The van der Waals surface area contributed by atoms with Crippen molar-refractivity contribution in [1.82, 2.24) is 4.57 Å². The van der Waals surface area contributed by atoms with Gasteiger partial charge in [0, 0.05) is 11.7 Å². The molecule has 0 N–H and O–H groups in total. The number of hydrogen-bond donors (Lipinski definition) is 0. The second-order valence-electron chi connectivity index (χ2n) is 4.31. The van der Waals surface area contributed by atoms with Crippen molar-refractivity contribution in [2.24, 2.45) is 0 Å². The van der Waals surface area contributed by atoms with E-state index in [1.807, 2.05) is 6.92 Å². The van der Waals surface area contributed by atoms with E-state index in [4.69, 9.17) is 4.74 Å². The minimum Gasteiger partial charge on any atom is -0.462 e. The van der Waals surface area contributed by atoms with E-state index >= 15 is 0 Å². The van der Waals surface area contributed by atoms with Crippen LogP contribution >= 0.6 is 11.3 Å². The summed E-state index contributed by atoms with van der Waals surface area (Å²) in [4.78, 5) is 24.0. The Labute approximate surface area is 104 Å². The second kappa shape index (κ2) is 5.04. The van der Waals surface area contributed by atoms with Crippen LogP contribution in [0.5, 0.6) is 0 Å². The lowest BCUT2D eigenvalue weighted by atomic mass is 10.2. The molecule has 0 aliphatic heterocycles. The molecule has 17 heavy (non-hydrogen) atoms. The monoisotopic (exact) mass is 255 g/mol. The minimum absolute atomic E-state index is 0.0301. The van der Waals surface area contributed by atoms with Crippen molar-refractivity contribution in [1.29, 1.82) is 0 Å². The van der Waals surface area contributed by atoms with E-state index in [1.165, 1.54) is 12.8 Å². The molecule has 1 aliphatic rings. The predicted molar refractivity (Wildman–Crippen MR) is 66.8 cm³/mol. The second-order valence-corrected chi connectivity index (χ2v) is 5.27. The van der Waals surface area contributed by atoms with Gasteiger partial charge < -0.3 is 4.74 Å². The number of carbonyl (C=O) groups is 1. The molecule has 1 saturated carbocycles. The van der Waals surface area contributed by atoms with Gasteiger partial charge in [0.05, 0.1) is 6.61 Å². The SMILES string of the molecule is CCOC(=O)c1sc(=O)n(C2CCCC2)c1C. The molecule has 0 spiro atoms. The van der Waals surface area contributed by atoms with Gasteiger partial charge in [-0.25, -0.2) is 4.79 Å². The smallest absolute Gasteiger partial charge is 0.350 e. The summed E-state index contributed by atoms with van der Waals surface area (Å²) in [6, 6.07) is 0.280. The molecule has 94 valence electrons. The highest BCUT2D eigenvalue weighted by Gasteiger charge is 2.25. The Morgan fingerprint density at radius 2 is 2.12 bits per heavy atom. The van der Waals surface area contributed by atoms with Crippen LogP contribution in [-0.4, -0.2) is 17.1 Å². The van der Waals surface area contributed by atoms with Crippen LogP contribution in [0.15, 0.2) is 4.79 Å².